The molecule has 1 heterocycles. The van der Waals surface area contributed by atoms with Crippen LogP contribution in [-0.2, 0) is 4.74 Å². The van der Waals surface area contributed by atoms with Crippen LogP contribution in [0.15, 0.2) is 24.3 Å². The molecule has 1 aromatic rings. The van der Waals surface area contributed by atoms with E-state index in [1.165, 1.54) is 22.9 Å². The fourth-order valence-electron chi connectivity index (χ4n) is 2.30. The largest absolute Gasteiger partial charge is 0.478 e. The maximum absolute atomic E-state index is 12.5. The summed E-state index contributed by atoms with van der Waals surface area (Å²) in [6.45, 7) is 0.844. The number of anilines is 1. The van der Waals surface area contributed by atoms with E-state index in [0.717, 1.165) is 0 Å². The van der Waals surface area contributed by atoms with Gasteiger partial charge in [0.05, 0.1) is 37.1 Å². The van der Waals surface area contributed by atoms with Crippen molar-refractivity contribution >= 4 is 17.7 Å². The minimum Gasteiger partial charge on any atom is -0.478 e. The number of amides is 2. The van der Waals surface area contributed by atoms with Gasteiger partial charge < -0.3 is 19.8 Å². The number of carbonyl (C=O) groups excluding carboxylic acids is 1. The number of rotatable bonds is 3. The first-order chi connectivity index (χ1) is 10.1. The fraction of sp³-hybridized carbons (Fsp3) is 0.429. The van der Waals surface area contributed by atoms with E-state index >= 15 is 0 Å². The van der Waals surface area contributed by atoms with Crippen molar-refractivity contribution in [3.8, 4) is 0 Å². The first-order valence-corrected chi connectivity index (χ1v) is 6.61. The summed E-state index contributed by atoms with van der Waals surface area (Å²) in [6, 6.07) is 5.54. The van der Waals surface area contributed by atoms with Crippen molar-refractivity contribution in [3.05, 3.63) is 29.8 Å². The second-order valence-corrected chi connectivity index (χ2v) is 4.77. The predicted octanol–water partition coefficient (Wildman–Crippen LogP) is 0.634. The first kappa shape index (κ1) is 15.3. The summed E-state index contributed by atoms with van der Waals surface area (Å²) in [5.41, 5.74) is 0.375. The third-order valence-corrected chi connectivity index (χ3v) is 3.47. The monoisotopic (exact) mass is 294 g/mol. The van der Waals surface area contributed by atoms with E-state index in [1.54, 1.807) is 18.2 Å². The Kier molecular flexibility index (Phi) is 4.77. The van der Waals surface area contributed by atoms with Crippen molar-refractivity contribution < 1.29 is 24.5 Å². The highest BCUT2D eigenvalue weighted by molar-refractivity contribution is 6.01. The van der Waals surface area contributed by atoms with Gasteiger partial charge in [-0.1, -0.05) is 12.1 Å². The normalized spacial score (nSPS) is 18.4. The number of aromatic carboxylic acids is 1. The Hall–Kier alpha value is -2.12. The van der Waals surface area contributed by atoms with Crippen molar-refractivity contribution in [2.24, 2.45) is 0 Å². The van der Waals surface area contributed by atoms with E-state index in [-0.39, 0.29) is 24.8 Å². The van der Waals surface area contributed by atoms with Crippen LogP contribution in [0, 0.1) is 0 Å². The maximum atomic E-state index is 12.5. The van der Waals surface area contributed by atoms with Gasteiger partial charge in [-0.15, -0.1) is 0 Å². The van der Waals surface area contributed by atoms with Gasteiger partial charge in [-0.05, 0) is 12.1 Å². The molecule has 2 rings (SSSR count). The molecule has 1 saturated heterocycles. The smallest absolute Gasteiger partial charge is 0.337 e. The number of morpholine rings is 1. The first-order valence-electron chi connectivity index (χ1n) is 6.61. The van der Waals surface area contributed by atoms with Crippen molar-refractivity contribution in [1.29, 1.82) is 0 Å². The highest BCUT2D eigenvalue weighted by atomic mass is 16.5. The van der Waals surface area contributed by atoms with Crippen molar-refractivity contribution in [2.45, 2.75) is 6.04 Å². The number of carboxylic acids is 1. The molecule has 0 bridgehead atoms. The average molecular weight is 294 g/mol. The summed E-state index contributed by atoms with van der Waals surface area (Å²) in [7, 11) is 1.52. The van der Waals surface area contributed by atoms with Crippen LogP contribution in [0.2, 0.25) is 0 Å². The Bertz CT molecular complexity index is 534. The lowest BCUT2D eigenvalue weighted by Crippen LogP contribution is -2.54. The molecule has 2 amide bonds. The molecular formula is C14H18N2O5. The molecule has 7 heteroatoms. The minimum absolute atomic E-state index is 0.0576. The number of carbonyl (C=O) groups is 2. The van der Waals surface area contributed by atoms with Gasteiger partial charge in [0.25, 0.3) is 0 Å². The average Bonchev–Trinajstić information content (AvgIpc) is 2.53. The van der Waals surface area contributed by atoms with Gasteiger partial charge >= 0.3 is 12.0 Å². The van der Waals surface area contributed by atoms with Crippen LogP contribution >= 0.6 is 0 Å². The molecule has 0 aromatic heterocycles. The van der Waals surface area contributed by atoms with E-state index in [2.05, 4.69) is 0 Å². The molecule has 0 aliphatic carbocycles. The molecule has 1 aromatic carbocycles. The summed E-state index contributed by atoms with van der Waals surface area (Å²) >= 11 is 0. The second kappa shape index (κ2) is 6.55. The van der Waals surface area contributed by atoms with Crippen LogP contribution in [-0.4, -0.2) is 66.6 Å². The van der Waals surface area contributed by atoms with Gasteiger partial charge in [0, 0.05) is 13.6 Å². The number of para-hydroxylation sites is 1. The Morgan fingerprint density at radius 3 is 2.81 bits per heavy atom. The number of aliphatic hydroxyl groups is 1. The number of aliphatic hydroxyl groups excluding tert-OH is 1. The molecule has 1 aliphatic heterocycles. The number of hydrogen-bond donors (Lipinski definition) is 2. The van der Waals surface area contributed by atoms with Gasteiger partial charge in [0.15, 0.2) is 0 Å². The third kappa shape index (κ3) is 3.14. The number of benzene rings is 1. The second-order valence-electron chi connectivity index (χ2n) is 4.77. The SMILES string of the molecule is CN(C(=O)N1CCOCC1CO)c1ccccc1C(=O)O. The topological polar surface area (TPSA) is 90.3 Å². The fourth-order valence-corrected chi connectivity index (χ4v) is 2.30. The number of urea groups is 1. The summed E-state index contributed by atoms with van der Waals surface area (Å²) in [6.07, 6.45) is 0. The highest BCUT2D eigenvalue weighted by Gasteiger charge is 2.30. The molecule has 21 heavy (non-hydrogen) atoms. The lowest BCUT2D eigenvalue weighted by molar-refractivity contribution is -0.00599. The molecule has 7 nitrogen and oxygen atoms in total. The number of nitrogens with zero attached hydrogens (tertiary/aromatic N) is 2. The molecule has 2 N–H and O–H groups in total. The van der Waals surface area contributed by atoms with E-state index in [1.807, 2.05) is 0 Å². The van der Waals surface area contributed by atoms with Crippen LogP contribution in [0.4, 0.5) is 10.5 Å². The summed E-state index contributed by atoms with van der Waals surface area (Å²) < 4.78 is 5.23. The van der Waals surface area contributed by atoms with Gasteiger partial charge in [0.2, 0.25) is 0 Å². The quantitative estimate of drug-likeness (QED) is 0.853. The Morgan fingerprint density at radius 1 is 1.43 bits per heavy atom. The van der Waals surface area contributed by atoms with Gasteiger partial charge in [-0.2, -0.15) is 0 Å². The predicted molar refractivity (Wildman–Crippen MR) is 75.6 cm³/mol. The highest BCUT2D eigenvalue weighted by Crippen LogP contribution is 2.21. The van der Waals surface area contributed by atoms with E-state index in [4.69, 9.17) is 4.74 Å². The molecule has 1 atom stereocenters. The van der Waals surface area contributed by atoms with E-state index < -0.39 is 12.0 Å². The van der Waals surface area contributed by atoms with Gasteiger partial charge in [-0.3, -0.25) is 4.90 Å². The Labute approximate surface area is 122 Å². The zero-order valence-electron chi connectivity index (χ0n) is 11.7. The van der Waals surface area contributed by atoms with Crippen LogP contribution in [0.3, 0.4) is 0 Å². The molecule has 0 radical (unpaired) electrons. The number of ether oxygens (including phenoxy) is 1. The molecule has 1 aliphatic rings. The molecule has 1 fully saturated rings. The Balaban J connectivity index is 2.25. The summed E-state index contributed by atoms with van der Waals surface area (Å²) in [5, 5.41) is 18.5. The summed E-state index contributed by atoms with van der Waals surface area (Å²) in [4.78, 5) is 26.6. The number of carboxylic acid groups (broad SMARTS) is 1. The van der Waals surface area contributed by atoms with Crippen LogP contribution in [0.1, 0.15) is 10.4 Å². The molecule has 0 spiro atoms. The molecule has 114 valence electrons. The van der Waals surface area contributed by atoms with E-state index in [0.29, 0.717) is 18.8 Å². The summed E-state index contributed by atoms with van der Waals surface area (Å²) in [5.74, 6) is -1.09. The molecule has 0 saturated carbocycles. The van der Waals surface area contributed by atoms with Gasteiger partial charge in [0.1, 0.15) is 0 Å². The zero-order valence-corrected chi connectivity index (χ0v) is 11.7. The standard InChI is InChI=1S/C14H18N2O5/c1-15(12-5-3-2-4-11(12)13(18)19)14(20)16-6-7-21-9-10(16)8-17/h2-5,10,17H,6-9H2,1H3,(H,18,19). The van der Waals surface area contributed by atoms with Gasteiger partial charge in [-0.25, -0.2) is 9.59 Å². The molecular weight excluding hydrogens is 276 g/mol. The lowest BCUT2D eigenvalue weighted by atomic mass is 10.1. The number of hydrogen-bond acceptors (Lipinski definition) is 4. The van der Waals surface area contributed by atoms with Crippen molar-refractivity contribution in [3.63, 3.8) is 0 Å². The van der Waals surface area contributed by atoms with Crippen LogP contribution < -0.4 is 4.90 Å². The van der Waals surface area contributed by atoms with Crippen LogP contribution in [0.5, 0.6) is 0 Å². The van der Waals surface area contributed by atoms with Crippen molar-refractivity contribution in [1.82, 2.24) is 4.90 Å². The van der Waals surface area contributed by atoms with E-state index in [9.17, 15) is 19.8 Å². The maximum Gasteiger partial charge on any atom is 0.337 e. The Morgan fingerprint density at radius 2 is 2.14 bits per heavy atom. The lowest BCUT2D eigenvalue weighted by Gasteiger charge is -2.37. The minimum atomic E-state index is -1.09. The van der Waals surface area contributed by atoms with Crippen molar-refractivity contribution in [2.75, 3.05) is 38.3 Å². The van der Waals surface area contributed by atoms with Crippen LogP contribution in [0.25, 0.3) is 0 Å². The third-order valence-electron chi connectivity index (χ3n) is 3.47. The zero-order chi connectivity index (χ0) is 15.4. The molecule has 1 unspecified atom stereocenters.